The summed E-state index contributed by atoms with van der Waals surface area (Å²) >= 11 is 3.49. The zero-order valence-electron chi connectivity index (χ0n) is 11.7. The lowest BCUT2D eigenvalue weighted by atomic mass is 9.97. The van der Waals surface area contributed by atoms with Crippen LogP contribution in [0, 0.1) is 0 Å². The minimum Gasteiger partial charge on any atom is -0.497 e. The first-order chi connectivity index (χ1) is 10.2. The van der Waals surface area contributed by atoms with Crippen molar-refractivity contribution in [2.24, 2.45) is 5.73 Å². The summed E-state index contributed by atoms with van der Waals surface area (Å²) in [6, 6.07) is 20.4. The summed E-state index contributed by atoms with van der Waals surface area (Å²) in [7, 11) is 1.66. The summed E-state index contributed by atoms with van der Waals surface area (Å²) in [5.74, 6) is 0.842. The molecule has 3 heteroatoms. The highest BCUT2D eigenvalue weighted by atomic mass is 79.9. The molecule has 3 aromatic rings. The van der Waals surface area contributed by atoms with E-state index in [9.17, 15) is 0 Å². The van der Waals surface area contributed by atoms with Crippen LogP contribution in [0.15, 0.2) is 65.1 Å². The van der Waals surface area contributed by atoms with E-state index in [-0.39, 0.29) is 6.04 Å². The molecule has 0 fully saturated rings. The van der Waals surface area contributed by atoms with Crippen LogP contribution in [0.3, 0.4) is 0 Å². The molecular weight excluding hydrogens is 326 g/mol. The van der Waals surface area contributed by atoms with Crippen LogP contribution in [-0.4, -0.2) is 7.11 Å². The number of rotatable bonds is 3. The van der Waals surface area contributed by atoms with Crippen molar-refractivity contribution < 1.29 is 4.74 Å². The Morgan fingerprint density at radius 2 is 1.48 bits per heavy atom. The maximum Gasteiger partial charge on any atom is 0.118 e. The Morgan fingerprint density at radius 3 is 2.19 bits per heavy atom. The maximum absolute atomic E-state index is 6.38. The minimum absolute atomic E-state index is 0.135. The van der Waals surface area contributed by atoms with Gasteiger partial charge in [0.1, 0.15) is 5.75 Å². The van der Waals surface area contributed by atoms with Crippen molar-refractivity contribution in [1.29, 1.82) is 0 Å². The Bertz CT molecular complexity index is 768. The van der Waals surface area contributed by atoms with Crippen molar-refractivity contribution in [3.8, 4) is 5.75 Å². The van der Waals surface area contributed by atoms with E-state index in [0.717, 1.165) is 21.3 Å². The van der Waals surface area contributed by atoms with E-state index in [0.29, 0.717) is 0 Å². The Morgan fingerprint density at radius 1 is 0.857 bits per heavy atom. The number of ether oxygens (including phenoxy) is 1. The predicted molar refractivity (Wildman–Crippen MR) is 90.7 cm³/mol. The van der Waals surface area contributed by atoms with Crippen LogP contribution in [0.5, 0.6) is 5.75 Å². The van der Waals surface area contributed by atoms with Crippen molar-refractivity contribution in [3.63, 3.8) is 0 Å². The van der Waals surface area contributed by atoms with Gasteiger partial charge < -0.3 is 10.5 Å². The molecule has 21 heavy (non-hydrogen) atoms. The molecule has 0 heterocycles. The third-order valence-corrected chi connectivity index (χ3v) is 4.15. The molecule has 1 unspecified atom stereocenters. The van der Waals surface area contributed by atoms with Crippen LogP contribution in [0.1, 0.15) is 17.2 Å². The summed E-state index contributed by atoms with van der Waals surface area (Å²) in [4.78, 5) is 0. The van der Waals surface area contributed by atoms with Gasteiger partial charge in [-0.2, -0.15) is 0 Å². The fourth-order valence-corrected chi connectivity index (χ4v) is 2.81. The second kappa shape index (κ2) is 5.88. The number of hydrogen-bond acceptors (Lipinski definition) is 2. The third kappa shape index (κ3) is 2.94. The standard InChI is InChI=1S/C18H16BrNO/c1-21-17-8-5-12(6-9-17)18(20)15-3-2-14-11-16(19)7-4-13(14)10-15/h2-11,18H,20H2,1H3. The highest BCUT2D eigenvalue weighted by molar-refractivity contribution is 9.10. The summed E-state index contributed by atoms with van der Waals surface area (Å²) in [6.45, 7) is 0. The van der Waals surface area contributed by atoms with Gasteiger partial charge in [-0.15, -0.1) is 0 Å². The lowest BCUT2D eigenvalue weighted by molar-refractivity contribution is 0.414. The summed E-state index contributed by atoms with van der Waals surface area (Å²) in [5, 5.41) is 2.40. The highest BCUT2D eigenvalue weighted by Crippen LogP contribution is 2.26. The smallest absolute Gasteiger partial charge is 0.118 e. The van der Waals surface area contributed by atoms with E-state index in [1.54, 1.807) is 7.11 Å². The van der Waals surface area contributed by atoms with Gasteiger partial charge in [0, 0.05) is 4.47 Å². The number of halogens is 1. The summed E-state index contributed by atoms with van der Waals surface area (Å²) in [5.41, 5.74) is 8.56. The van der Waals surface area contributed by atoms with Crippen molar-refractivity contribution in [1.82, 2.24) is 0 Å². The molecule has 0 aliphatic heterocycles. The number of benzene rings is 3. The molecule has 2 N–H and O–H groups in total. The van der Waals surface area contributed by atoms with Crippen LogP contribution >= 0.6 is 15.9 Å². The second-order valence-electron chi connectivity index (χ2n) is 5.00. The minimum atomic E-state index is -0.135. The van der Waals surface area contributed by atoms with Gasteiger partial charge in [-0.3, -0.25) is 0 Å². The molecule has 1 atom stereocenters. The van der Waals surface area contributed by atoms with Gasteiger partial charge in [0.25, 0.3) is 0 Å². The quantitative estimate of drug-likeness (QED) is 0.751. The van der Waals surface area contributed by atoms with Gasteiger partial charge in [-0.05, 0) is 52.2 Å². The Kier molecular flexibility index (Phi) is 3.95. The first-order valence-electron chi connectivity index (χ1n) is 6.76. The molecule has 3 rings (SSSR count). The van der Waals surface area contributed by atoms with Gasteiger partial charge in [-0.25, -0.2) is 0 Å². The van der Waals surface area contributed by atoms with E-state index in [1.165, 1.54) is 10.8 Å². The lowest BCUT2D eigenvalue weighted by Gasteiger charge is -2.14. The maximum atomic E-state index is 6.38. The molecule has 2 nitrogen and oxygen atoms in total. The number of nitrogens with two attached hydrogens (primary N) is 1. The normalized spacial score (nSPS) is 12.3. The Labute approximate surface area is 132 Å². The molecule has 0 aliphatic rings. The Hall–Kier alpha value is -1.84. The van der Waals surface area contributed by atoms with Crippen LogP contribution in [0.4, 0.5) is 0 Å². The van der Waals surface area contributed by atoms with E-state index in [1.807, 2.05) is 30.3 Å². The molecule has 106 valence electrons. The van der Waals surface area contributed by atoms with Gasteiger partial charge in [0.15, 0.2) is 0 Å². The van der Waals surface area contributed by atoms with Gasteiger partial charge >= 0.3 is 0 Å². The molecular formula is C18H16BrNO. The molecule has 0 spiro atoms. The monoisotopic (exact) mass is 341 g/mol. The van der Waals surface area contributed by atoms with Crippen molar-refractivity contribution in [2.75, 3.05) is 7.11 Å². The Balaban J connectivity index is 1.96. The van der Waals surface area contributed by atoms with Gasteiger partial charge in [0.2, 0.25) is 0 Å². The molecule has 0 amide bonds. The van der Waals surface area contributed by atoms with Crippen molar-refractivity contribution in [2.45, 2.75) is 6.04 Å². The summed E-state index contributed by atoms with van der Waals surface area (Å²) < 4.78 is 6.26. The average Bonchev–Trinajstić information content (AvgIpc) is 2.53. The van der Waals surface area contributed by atoms with E-state index in [2.05, 4.69) is 46.3 Å². The van der Waals surface area contributed by atoms with Crippen LogP contribution < -0.4 is 10.5 Å². The third-order valence-electron chi connectivity index (χ3n) is 3.66. The fourth-order valence-electron chi connectivity index (χ4n) is 2.43. The van der Waals surface area contributed by atoms with Crippen LogP contribution in [0.2, 0.25) is 0 Å². The largest absolute Gasteiger partial charge is 0.497 e. The van der Waals surface area contributed by atoms with Crippen LogP contribution in [0.25, 0.3) is 10.8 Å². The number of hydrogen-bond donors (Lipinski definition) is 1. The molecule has 0 aromatic heterocycles. The SMILES string of the molecule is COc1ccc(C(N)c2ccc3cc(Br)ccc3c2)cc1. The average molecular weight is 342 g/mol. The van der Waals surface area contributed by atoms with E-state index < -0.39 is 0 Å². The first-order valence-corrected chi connectivity index (χ1v) is 7.55. The first kappa shape index (κ1) is 14.1. The number of fused-ring (bicyclic) bond motifs is 1. The molecule has 0 aliphatic carbocycles. The van der Waals surface area contributed by atoms with E-state index >= 15 is 0 Å². The molecule has 0 bridgehead atoms. The predicted octanol–water partition coefficient (Wildman–Crippen LogP) is 4.66. The van der Waals surface area contributed by atoms with E-state index in [4.69, 9.17) is 10.5 Å². The van der Waals surface area contributed by atoms with Gasteiger partial charge in [0.05, 0.1) is 13.2 Å². The van der Waals surface area contributed by atoms with Gasteiger partial charge in [-0.1, -0.05) is 46.3 Å². The topological polar surface area (TPSA) is 35.2 Å². The number of methoxy groups -OCH3 is 1. The van der Waals surface area contributed by atoms with Crippen molar-refractivity contribution >= 4 is 26.7 Å². The molecule has 0 radical (unpaired) electrons. The molecule has 0 saturated carbocycles. The zero-order valence-corrected chi connectivity index (χ0v) is 13.3. The van der Waals surface area contributed by atoms with Crippen LogP contribution in [-0.2, 0) is 0 Å². The zero-order chi connectivity index (χ0) is 14.8. The second-order valence-corrected chi connectivity index (χ2v) is 5.92. The molecule has 0 saturated heterocycles. The molecule has 3 aromatic carbocycles. The lowest BCUT2D eigenvalue weighted by Crippen LogP contribution is -2.11. The highest BCUT2D eigenvalue weighted by Gasteiger charge is 2.09. The fraction of sp³-hybridized carbons (Fsp3) is 0.111. The summed E-state index contributed by atoms with van der Waals surface area (Å²) in [6.07, 6.45) is 0. The van der Waals surface area contributed by atoms with Crippen molar-refractivity contribution in [3.05, 3.63) is 76.3 Å².